The van der Waals surface area contributed by atoms with Gasteiger partial charge in [-0.25, -0.2) is 0 Å². The van der Waals surface area contributed by atoms with Crippen molar-refractivity contribution in [2.75, 3.05) is 0 Å². The van der Waals surface area contributed by atoms with E-state index in [1.54, 1.807) is 6.20 Å². The molecule has 0 aliphatic heterocycles. The molecule has 2 rings (SSSR count). The van der Waals surface area contributed by atoms with Gasteiger partial charge in [-0.1, -0.05) is 26.0 Å². The van der Waals surface area contributed by atoms with Crippen molar-refractivity contribution in [3.8, 4) is 11.3 Å². The molecular weight excluding hydrogens is 230 g/mol. The van der Waals surface area contributed by atoms with Gasteiger partial charge in [-0.3, -0.25) is 5.10 Å². The first kappa shape index (κ1) is 12.2. The maximum absolute atomic E-state index is 5.66. The number of thioether (sulfide) groups is 1. The summed E-state index contributed by atoms with van der Waals surface area (Å²) in [6.45, 7) is 4.90. The maximum Gasteiger partial charge on any atom is 0.0695 e. The number of aromatic amines is 1. The van der Waals surface area contributed by atoms with E-state index in [-0.39, 0.29) is 0 Å². The fourth-order valence-corrected chi connectivity index (χ4v) is 2.53. The van der Waals surface area contributed by atoms with E-state index < -0.39 is 0 Å². The first-order valence-electron chi connectivity index (χ1n) is 5.70. The Kier molecular flexibility index (Phi) is 3.86. The molecule has 1 aromatic heterocycles. The molecule has 3 N–H and O–H groups in total. The van der Waals surface area contributed by atoms with E-state index in [9.17, 15) is 0 Å². The molecule has 0 saturated carbocycles. The van der Waals surface area contributed by atoms with Crippen molar-refractivity contribution in [2.45, 2.75) is 30.5 Å². The molecule has 2 aromatic rings. The Morgan fingerprint density at radius 3 is 2.59 bits per heavy atom. The molecule has 4 heteroatoms. The van der Waals surface area contributed by atoms with Crippen molar-refractivity contribution in [3.63, 3.8) is 0 Å². The minimum atomic E-state index is 0.508. The summed E-state index contributed by atoms with van der Waals surface area (Å²) in [7, 11) is 0. The van der Waals surface area contributed by atoms with Crippen molar-refractivity contribution in [3.05, 3.63) is 36.0 Å². The van der Waals surface area contributed by atoms with Gasteiger partial charge in [-0.15, -0.1) is 11.8 Å². The van der Waals surface area contributed by atoms with Gasteiger partial charge in [0, 0.05) is 22.3 Å². The van der Waals surface area contributed by atoms with Crippen LogP contribution < -0.4 is 5.73 Å². The molecule has 0 spiro atoms. The Bertz CT molecular complexity index is 474. The third-order valence-corrected chi connectivity index (χ3v) is 3.47. The topological polar surface area (TPSA) is 54.7 Å². The quantitative estimate of drug-likeness (QED) is 0.816. The first-order chi connectivity index (χ1) is 8.20. The Morgan fingerprint density at radius 2 is 2.00 bits per heavy atom. The highest BCUT2D eigenvalue weighted by Gasteiger charge is 2.06. The standard InChI is InChI=1S/C13H17N3S/c1-9(2)17-12-5-3-10(4-6-12)13-11(7-14)8-15-16-13/h3-6,8-9H,7,14H2,1-2H3,(H,15,16). The van der Waals surface area contributed by atoms with E-state index in [4.69, 9.17) is 5.73 Å². The highest BCUT2D eigenvalue weighted by molar-refractivity contribution is 7.99. The van der Waals surface area contributed by atoms with Gasteiger partial charge in [-0.05, 0) is 17.7 Å². The summed E-state index contributed by atoms with van der Waals surface area (Å²) in [6, 6.07) is 8.50. The molecule has 0 fully saturated rings. The average Bonchev–Trinajstić information content (AvgIpc) is 2.77. The molecule has 0 unspecified atom stereocenters. The lowest BCUT2D eigenvalue weighted by molar-refractivity contribution is 1.08. The van der Waals surface area contributed by atoms with Crippen LogP contribution in [-0.4, -0.2) is 15.4 Å². The fourth-order valence-electron chi connectivity index (χ4n) is 1.69. The summed E-state index contributed by atoms with van der Waals surface area (Å²) >= 11 is 1.86. The van der Waals surface area contributed by atoms with Gasteiger partial charge in [0.15, 0.2) is 0 Å². The van der Waals surface area contributed by atoms with Crippen LogP contribution in [0, 0.1) is 0 Å². The highest BCUT2D eigenvalue weighted by Crippen LogP contribution is 2.27. The third-order valence-electron chi connectivity index (χ3n) is 2.45. The van der Waals surface area contributed by atoms with Gasteiger partial charge >= 0.3 is 0 Å². The summed E-state index contributed by atoms with van der Waals surface area (Å²) in [5.41, 5.74) is 8.87. The molecule has 0 aliphatic rings. The van der Waals surface area contributed by atoms with Gasteiger partial charge in [-0.2, -0.15) is 5.10 Å². The van der Waals surface area contributed by atoms with Gasteiger partial charge < -0.3 is 5.73 Å². The van der Waals surface area contributed by atoms with Crippen LogP contribution in [0.5, 0.6) is 0 Å². The van der Waals surface area contributed by atoms with Crippen LogP contribution in [-0.2, 0) is 6.54 Å². The lowest BCUT2D eigenvalue weighted by Gasteiger charge is -2.06. The largest absolute Gasteiger partial charge is 0.326 e. The number of hydrogen-bond donors (Lipinski definition) is 2. The molecule has 0 bridgehead atoms. The first-order valence-corrected chi connectivity index (χ1v) is 6.58. The second kappa shape index (κ2) is 5.38. The van der Waals surface area contributed by atoms with E-state index in [0.29, 0.717) is 11.8 Å². The number of benzene rings is 1. The van der Waals surface area contributed by atoms with Crippen molar-refractivity contribution >= 4 is 11.8 Å². The third kappa shape index (κ3) is 2.90. The molecule has 0 saturated heterocycles. The van der Waals surface area contributed by atoms with Crippen molar-refractivity contribution < 1.29 is 0 Å². The van der Waals surface area contributed by atoms with E-state index >= 15 is 0 Å². The van der Waals surface area contributed by atoms with Crippen molar-refractivity contribution in [2.24, 2.45) is 5.73 Å². The summed E-state index contributed by atoms with van der Waals surface area (Å²) < 4.78 is 0. The van der Waals surface area contributed by atoms with Gasteiger partial charge in [0.1, 0.15) is 0 Å². The Hall–Kier alpha value is -1.26. The predicted octanol–water partition coefficient (Wildman–Crippen LogP) is 3.04. The van der Waals surface area contributed by atoms with Crippen molar-refractivity contribution in [1.29, 1.82) is 0 Å². The molecule has 90 valence electrons. The zero-order valence-corrected chi connectivity index (χ0v) is 10.9. The molecule has 0 atom stereocenters. The number of aromatic nitrogens is 2. The van der Waals surface area contributed by atoms with Gasteiger partial charge in [0.25, 0.3) is 0 Å². The van der Waals surface area contributed by atoms with Crippen molar-refractivity contribution in [1.82, 2.24) is 10.2 Å². The van der Waals surface area contributed by atoms with Crippen LogP contribution in [0.3, 0.4) is 0 Å². The summed E-state index contributed by atoms with van der Waals surface area (Å²) in [6.07, 6.45) is 1.78. The normalized spacial score (nSPS) is 11.1. The molecule has 1 heterocycles. The monoisotopic (exact) mass is 247 g/mol. The van der Waals surface area contributed by atoms with E-state index in [1.807, 2.05) is 11.8 Å². The van der Waals surface area contributed by atoms with E-state index in [1.165, 1.54) is 4.90 Å². The van der Waals surface area contributed by atoms with Crippen LogP contribution in [0.1, 0.15) is 19.4 Å². The smallest absolute Gasteiger partial charge is 0.0695 e. The maximum atomic E-state index is 5.66. The predicted molar refractivity (Wildman–Crippen MR) is 72.9 cm³/mol. The van der Waals surface area contributed by atoms with E-state index in [0.717, 1.165) is 16.8 Å². The minimum Gasteiger partial charge on any atom is -0.326 e. The van der Waals surface area contributed by atoms with Gasteiger partial charge in [0.05, 0.1) is 11.9 Å². The molecule has 3 nitrogen and oxygen atoms in total. The second-order valence-electron chi connectivity index (χ2n) is 4.17. The average molecular weight is 247 g/mol. The number of hydrogen-bond acceptors (Lipinski definition) is 3. The number of rotatable bonds is 4. The van der Waals surface area contributed by atoms with Gasteiger partial charge in [0.2, 0.25) is 0 Å². The lowest BCUT2D eigenvalue weighted by atomic mass is 10.1. The Morgan fingerprint density at radius 1 is 1.29 bits per heavy atom. The Balaban J connectivity index is 2.23. The van der Waals surface area contributed by atoms with Crippen LogP contribution in [0.4, 0.5) is 0 Å². The van der Waals surface area contributed by atoms with Crippen LogP contribution in [0.25, 0.3) is 11.3 Å². The number of nitrogens with one attached hydrogen (secondary N) is 1. The molecule has 0 radical (unpaired) electrons. The van der Waals surface area contributed by atoms with Crippen LogP contribution in [0.2, 0.25) is 0 Å². The second-order valence-corrected chi connectivity index (χ2v) is 5.82. The molecule has 17 heavy (non-hydrogen) atoms. The summed E-state index contributed by atoms with van der Waals surface area (Å²) in [4.78, 5) is 1.29. The van der Waals surface area contributed by atoms with Crippen LogP contribution in [0.15, 0.2) is 35.4 Å². The lowest BCUT2D eigenvalue weighted by Crippen LogP contribution is -1.96. The highest BCUT2D eigenvalue weighted by atomic mass is 32.2. The molecule has 0 amide bonds. The fraction of sp³-hybridized carbons (Fsp3) is 0.308. The Labute approximate surface area is 106 Å². The zero-order valence-electron chi connectivity index (χ0n) is 10.1. The molecular formula is C13H17N3S. The SMILES string of the molecule is CC(C)Sc1ccc(-c2[nH]ncc2CN)cc1. The van der Waals surface area contributed by atoms with E-state index in [2.05, 4.69) is 48.3 Å². The number of H-pyrrole nitrogens is 1. The summed E-state index contributed by atoms with van der Waals surface area (Å²) in [5, 5.41) is 7.63. The number of nitrogens with two attached hydrogens (primary N) is 1. The van der Waals surface area contributed by atoms with Crippen LogP contribution >= 0.6 is 11.8 Å². The summed E-state index contributed by atoms with van der Waals surface area (Å²) in [5.74, 6) is 0. The molecule has 0 aliphatic carbocycles. The zero-order chi connectivity index (χ0) is 12.3. The minimum absolute atomic E-state index is 0.508. The number of nitrogens with zero attached hydrogens (tertiary/aromatic N) is 1. The molecule has 1 aromatic carbocycles.